The lowest BCUT2D eigenvalue weighted by molar-refractivity contribution is 0.721. The van der Waals surface area contributed by atoms with Gasteiger partial charge in [0.15, 0.2) is 0 Å². The number of pyridine rings is 1. The molecule has 3 aromatic rings. The van der Waals surface area contributed by atoms with Crippen molar-refractivity contribution in [3.8, 4) is 0 Å². The minimum Gasteiger partial charge on any atom is -0.245 e. The predicted molar refractivity (Wildman–Crippen MR) is 78.3 cm³/mol. The van der Waals surface area contributed by atoms with Crippen LogP contribution >= 0.6 is 11.3 Å². The van der Waals surface area contributed by atoms with E-state index in [2.05, 4.69) is 41.5 Å². The standard InChI is InChI=1S/C16H15NS/c1-2-6-11(5-1)12-9-14-13-7-3-4-8-15(13)18-16(14)17-10-12/h3-4,7-11H,1-2,5-6H2. The summed E-state index contributed by atoms with van der Waals surface area (Å²) in [6.45, 7) is 0. The topological polar surface area (TPSA) is 12.9 Å². The number of fused-ring (bicyclic) bond motifs is 3. The van der Waals surface area contributed by atoms with Crippen LogP contribution in [0.5, 0.6) is 0 Å². The Labute approximate surface area is 110 Å². The lowest BCUT2D eigenvalue weighted by Crippen LogP contribution is -1.92. The van der Waals surface area contributed by atoms with Gasteiger partial charge in [-0.1, -0.05) is 31.0 Å². The molecule has 0 amide bonds. The summed E-state index contributed by atoms with van der Waals surface area (Å²) in [5.41, 5.74) is 1.45. The Morgan fingerprint density at radius 1 is 1.06 bits per heavy atom. The van der Waals surface area contributed by atoms with Gasteiger partial charge in [-0.2, -0.15) is 0 Å². The van der Waals surface area contributed by atoms with Gasteiger partial charge in [0.25, 0.3) is 0 Å². The van der Waals surface area contributed by atoms with Crippen LogP contribution in [0.25, 0.3) is 20.3 Å². The largest absolute Gasteiger partial charge is 0.245 e. The molecule has 2 heterocycles. The van der Waals surface area contributed by atoms with E-state index >= 15 is 0 Å². The monoisotopic (exact) mass is 253 g/mol. The van der Waals surface area contributed by atoms with Gasteiger partial charge in [0.1, 0.15) is 4.83 Å². The molecule has 0 bridgehead atoms. The van der Waals surface area contributed by atoms with Crippen molar-refractivity contribution in [2.75, 3.05) is 0 Å². The summed E-state index contributed by atoms with van der Waals surface area (Å²) in [5.74, 6) is 0.751. The molecule has 0 aliphatic heterocycles. The molecule has 0 saturated heterocycles. The van der Waals surface area contributed by atoms with Gasteiger partial charge < -0.3 is 0 Å². The number of hydrogen-bond donors (Lipinski definition) is 0. The van der Waals surface area contributed by atoms with E-state index < -0.39 is 0 Å². The molecule has 1 fully saturated rings. The zero-order valence-corrected chi connectivity index (χ0v) is 11.0. The first-order valence-corrected chi connectivity index (χ1v) is 7.51. The highest BCUT2D eigenvalue weighted by atomic mass is 32.1. The van der Waals surface area contributed by atoms with E-state index in [9.17, 15) is 0 Å². The molecule has 0 atom stereocenters. The maximum absolute atomic E-state index is 4.68. The molecule has 0 spiro atoms. The Bertz CT molecular complexity index is 707. The molecule has 0 radical (unpaired) electrons. The lowest BCUT2D eigenvalue weighted by Gasteiger charge is -2.08. The normalized spacial score (nSPS) is 16.9. The van der Waals surface area contributed by atoms with Crippen molar-refractivity contribution >= 4 is 31.6 Å². The van der Waals surface area contributed by atoms with E-state index in [1.807, 2.05) is 0 Å². The first kappa shape index (κ1) is 10.5. The summed E-state index contributed by atoms with van der Waals surface area (Å²) < 4.78 is 1.35. The minimum absolute atomic E-state index is 0.751. The molecule has 2 aromatic heterocycles. The smallest absolute Gasteiger partial charge is 0.124 e. The second kappa shape index (κ2) is 4.06. The maximum Gasteiger partial charge on any atom is 0.124 e. The van der Waals surface area contributed by atoms with Crippen LogP contribution in [0, 0.1) is 0 Å². The van der Waals surface area contributed by atoms with Crippen LogP contribution in [0.2, 0.25) is 0 Å². The van der Waals surface area contributed by atoms with E-state index in [-0.39, 0.29) is 0 Å². The Balaban J connectivity index is 1.94. The van der Waals surface area contributed by atoms with E-state index in [1.165, 1.54) is 51.5 Å². The van der Waals surface area contributed by atoms with Gasteiger partial charge in [0.05, 0.1) is 0 Å². The maximum atomic E-state index is 4.68. The van der Waals surface area contributed by atoms with Crippen molar-refractivity contribution in [3.63, 3.8) is 0 Å². The number of benzene rings is 1. The summed E-state index contributed by atoms with van der Waals surface area (Å²) >= 11 is 1.80. The Morgan fingerprint density at radius 3 is 2.78 bits per heavy atom. The van der Waals surface area contributed by atoms with E-state index in [1.54, 1.807) is 11.3 Å². The highest BCUT2D eigenvalue weighted by Crippen LogP contribution is 2.38. The van der Waals surface area contributed by atoms with E-state index in [0.29, 0.717) is 0 Å². The molecule has 1 aliphatic rings. The van der Waals surface area contributed by atoms with Crippen LogP contribution in [-0.4, -0.2) is 4.98 Å². The van der Waals surface area contributed by atoms with Gasteiger partial charge in [-0.15, -0.1) is 11.3 Å². The molecule has 2 heteroatoms. The molecule has 4 rings (SSSR count). The van der Waals surface area contributed by atoms with Crippen LogP contribution in [0.1, 0.15) is 37.2 Å². The van der Waals surface area contributed by atoms with Gasteiger partial charge in [-0.05, 0) is 36.5 Å². The highest BCUT2D eigenvalue weighted by molar-refractivity contribution is 7.25. The van der Waals surface area contributed by atoms with Crippen molar-refractivity contribution in [3.05, 3.63) is 42.1 Å². The number of nitrogens with zero attached hydrogens (tertiary/aromatic N) is 1. The van der Waals surface area contributed by atoms with Crippen LogP contribution in [-0.2, 0) is 0 Å². The fraction of sp³-hybridized carbons (Fsp3) is 0.312. The lowest BCUT2D eigenvalue weighted by atomic mass is 9.98. The Morgan fingerprint density at radius 2 is 1.89 bits per heavy atom. The summed E-state index contributed by atoms with van der Waals surface area (Å²) in [4.78, 5) is 5.86. The molecule has 90 valence electrons. The van der Waals surface area contributed by atoms with Crippen LogP contribution in [0.4, 0.5) is 0 Å². The molecule has 1 saturated carbocycles. The summed E-state index contributed by atoms with van der Waals surface area (Å²) in [5, 5.41) is 2.71. The zero-order chi connectivity index (χ0) is 11.9. The number of aromatic nitrogens is 1. The van der Waals surface area contributed by atoms with Crippen LogP contribution < -0.4 is 0 Å². The van der Waals surface area contributed by atoms with Crippen LogP contribution in [0.3, 0.4) is 0 Å². The van der Waals surface area contributed by atoms with Gasteiger partial charge in [-0.3, -0.25) is 0 Å². The van der Waals surface area contributed by atoms with Crippen molar-refractivity contribution < 1.29 is 0 Å². The van der Waals surface area contributed by atoms with Crippen LogP contribution in [0.15, 0.2) is 36.5 Å². The number of thiophene rings is 1. The first-order valence-electron chi connectivity index (χ1n) is 6.69. The van der Waals surface area contributed by atoms with Crippen molar-refractivity contribution in [2.45, 2.75) is 31.6 Å². The average molecular weight is 253 g/mol. The number of rotatable bonds is 1. The molecular weight excluding hydrogens is 238 g/mol. The number of hydrogen-bond acceptors (Lipinski definition) is 2. The third-order valence-corrected chi connectivity index (χ3v) is 5.18. The average Bonchev–Trinajstić information content (AvgIpc) is 3.05. The van der Waals surface area contributed by atoms with Crippen molar-refractivity contribution in [1.82, 2.24) is 4.98 Å². The van der Waals surface area contributed by atoms with E-state index in [4.69, 9.17) is 0 Å². The van der Waals surface area contributed by atoms with Crippen molar-refractivity contribution in [2.24, 2.45) is 0 Å². The first-order chi connectivity index (χ1) is 8.92. The molecule has 1 aromatic carbocycles. The van der Waals surface area contributed by atoms with Crippen molar-refractivity contribution in [1.29, 1.82) is 0 Å². The van der Waals surface area contributed by atoms with Gasteiger partial charge >= 0.3 is 0 Å². The van der Waals surface area contributed by atoms with E-state index in [0.717, 1.165) is 5.92 Å². The molecule has 0 unspecified atom stereocenters. The second-order valence-electron chi connectivity index (χ2n) is 5.20. The Kier molecular flexibility index (Phi) is 2.37. The summed E-state index contributed by atoms with van der Waals surface area (Å²) in [7, 11) is 0. The van der Waals surface area contributed by atoms with Gasteiger partial charge in [-0.25, -0.2) is 4.98 Å². The third kappa shape index (κ3) is 1.56. The minimum atomic E-state index is 0.751. The van der Waals surface area contributed by atoms with Gasteiger partial charge in [0.2, 0.25) is 0 Å². The summed E-state index contributed by atoms with van der Waals surface area (Å²) in [6.07, 6.45) is 7.55. The fourth-order valence-electron chi connectivity index (χ4n) is 3.11. The molecule has 0 N–H and O–H groups in total. The third-order valence-electron chi connectivity index (χ3n) is 4.08. The fourth-order valence-corrected chi connectivity index (χ4v) is 4.13. The quantitative estimate of drug-likeness (QED) is 0.587. The SMILES string of the molecule is c1ccc2c(c1)sc1ncc(C3CCCC3)cc12. The second-order valence-corrected chi connectivity index (χ2v) is 6.23. The zero-order valence-electron chi connectivity index (χ0n) is 10.2. The molecule has 1 nitrogen and oxygen atoms in total. The predicted octanol–water partition coefficient (Wildman–Crippen LogP) is 5.11. The highest BCUT2D eigenvalue weighted by Gasteiger charge is 2.18. The van der Waals surface area contributed by atoms with Gasteiger partial charge in [0, 0.05) is 21.7 Å². The molecule has 1 aliphatic carbocycles. The molecule has 18 heavy (non-hydrogen) atoms. The Hall–Kier alpha value is -1.41. The molecular formula is C16H15NS. The summed E-state index contributed by atoms with van der Waals surface area (Å²) in [6, 6.07) is 11.0.